The molecule has 2 unspecified atom stereocenters. The number of nitrogens with zero attached hydrogens (tertiary/aromatic N) is 4. The zero-order valence-corrected chi connectivity index (χ0v) is 27.6. The molecule has 4 bridgehead atoms. The number of alkyl halides is 3. The number of likely N-dealkylation sites (tertiary alicyclic amines) is 1. The first-order valence-electron chi connectivity index (χ1n) is 17.5. The van der Waals surface area contributed by atoms with Gasteiger partial charge in [-0.25, -0.2) is 8.78 Å². The number of nitrogens with one attached hydrogen (secondary N) is 1. The molecule has 0 radical (unpaired) electrons. The Morgan fingerprint density at radius 1 is 1.06 bits per heavy atom. The van der Waals surface area contributed by atoms with Gasteiger partial charge >= 0.3 is 12.2 Å². The summed E-state index contributed by atoms with van der Waals surface area (Å²) in [6, 6.07) is 6.45. The van der Waals surface area contributed by atoms with Gasteiger partial charge in [-0.15, -0.1) is 0 Å². The number of rotatable bonds is 8. The second-order valence-corrected chi connectivity index (χ2v) is 14.9. The maximum atomic E-state index is 17.2. The van der Waals surface area contributed by atoms with Gasteiger partial charge in [-0.05, 0) is 84.7 Å². The minimum absolute atomic E-state index is 0.0761. The fraction of sp³-hybridized carbons (Fsp3) is 0.514. The summed E-state index contributed by atoms with van der Waals surface area (Å²) in [7, 11) is 0. The number of piperazine rings is 1. The molecule has 5 aliphatic rings. The molecular weight excluding hydrogens is 657 g/mol. The molecule has 5 heterocycles. The van der Waals surface area contributed by atoms with Crippen LogP contribution in [0.1, 0.15) is 50.2 Å². The van der Waals surface area contributed by atoms with E-state index in [1.807, 2.05) is 4.90 Å². The third-order valence-corrected chi connectivity index (χ3v) is 11.5. The number of aromatic hydroxyl groups is 1. The average Bonchev–Trinajstić information content (AvgIpc) is 3.33. The Morgan fingerprint density at radius 2 is 1.84 bits per heavy atom. The third kappa shape index (κ3) is 5.43. The number of ether oxygens (including phenoxy) is 2. The quantitative estimate of drug-likeness (QED) is 0.200. The first kappa shape index (κ1) is 32.1. The van der Waals surface area contributed by atoms with Gasteiger partial charge in [-0.3, -0.25) is 4.90 Å². The molecule has 1 saturated carbocycles. The average molecular weight is 696 g/mol. The van der Waals surface area contributed by atoms with Crippen molar-refractivity contribution in [3.63, 3.8) is 0 Å². The summed E-state index contributed by atoms with van der Waals surface area (Å²) in [4.78, 5) is 13.5. The number of hydrogen-bond donors (Lipinski definition) is 2. The Balaban J connectivity index is 1.20. The monoisotopic (exact) mass is 695 g/mol. The summed E-state index contributed by atoms with van der Waals surface area (Å²) in [6.07, 6.45) is 0.193. The number of benzene rings is 3. The topological polar surface area (TPSA) is 83.0 Å². The summed E-state index contributed by atoms with van der Waals surface area (Å²) >= 11 is 0. The van der Waals surface area contributed by atoms with Crippen LogP contribution < -0.4 is 15.0 Å². The number of halogens is 5. The molecule has 4 aromatic rings. The predicted molar refractivity (Wildman–Crippen MR) is 177 cm³/mol. The van der Waals surface area contributed by atoms with Crippen molar-refractivity contribution in [3.8, 4) is 22.9 Å². The van der Waals surface area contributed by atoms with Crippen LogP contribution in [0.15, 0.2) is 30.3 Å². The van der Waals surface area contributed by atoms with Crippen LogP contribution in [-0.4, -0.2) is 83.6 Å². The zero-order chi connectivity index (χ0) is 34.5. The van der Waals surface area contributed by atoms with E-state index in [0.29, 0.717) is 31.1 Å². The molecule has 4 saturated heterocycles. The minimum Gasteiger partial charge on any atom is -0.508 e. The van der Waals surface area contributed by atoms with E-state index in [9.17, 15) is 5.11 Å². The Hall–Kier alpha value is -3.81. The van der Waals surface area contributed by atoms with E-state index in [0.717, 1.165) is 63.9 Å². The lowest BCUT2D eigenvalue weighted by atomic mass is 9.89. The van der Waals surface area contributed by atoms with Crippen molar-refractivity contribution in [2.45, 2.75) is 75.9 Å². The summed E-state index contributed by atoms with van der Waals surface area (Å²) in [6.45, 7) is 5.41. The van der Waals surface area contributed by atoms with Crippen LogP contribution in [0.4, 0.5) is 27.8 Å². The van der Waals surface area contributed by atoms with Crippen LogP contribution in [0, 0.1) is 17.0 Å². The van der Waals surface area contributed by atoms with Crippen molar-refractivity contribution in [1.29, 1.82) is 0 Å². The molecule has 13 heteroatoms. The minimum atomic E-state index is -5.00. The van der Waals surface area contributed by atoms with Gasteiger partial charge in [0.15, 0.2) is 5.82 Å². The molecule has 9 rings (SSSR count). The van der Waals surface area contributed by atoms with Crippen molar-refractivity contribution in [1.82, 2.24) is 20.2 Å². The molecule has 0 amide bonds. The van der Waals surface area contributed by atoms with Gasteiger partial charge in [0.05, 0.1) is 24.9 Å². The lowest BCUT2D eigenvalue weighted by Crippen LogP contribution is -2.51. The summed E-state index contributed by atoms with van der Waals surface area (Å²) in [5.41, 5.74) is -2.61. The van der Waals surface area contributed by atoms with Gasteiger partial charge in [0.2, 0.25) is 0 Å². The molecule has 5 fully saturated rings. The third-order valence-electron chi connectivity index (χ3n) is 11.5. The van der Waals surface area contributed by atoms with Crippen LogP contribution in [0.25, 0.3) is 32.8 Å². The zero-order valence-electron chi connectivity index (χ0n) is 27.6. The fourth-order valence-corrected chi connectivity index (χ4v) is 8.84. The van der Waals surface area contributed by atoms with Gasteiger partial charge in [0.1, 0.15) is 22.9 Å². The van der Waals surface area contributed by atoms with Crippen molar-refractivity contribution in [2.75, 3.05) is 44.3 Å². The fourth-order valence-electron chi connectivity index (χ4n) is 8.84. The number of phenols is 1. The SMILES string of the molecule is CCc1c(F)ccc2cc(O)cc(-c3c(C(F)(F)F)cc4c(N5CC6CCC(C5)N6)nc(OCC5(CN6C[C@H]7C[C@@H]6CO7)CC5)nc4c3F)c12. The number of aromatic nitrogens is 2. The number of morpholine rings is 1. The van der Waals surface area contributed by atoms with Crippen molar-refractivity contribution >= 4 is 27.5 Å². The largest absolute Gasteiger partial charge is 0.508 e. The Bertz CT molecular complexity index is 2010. The Morgan fingerprint density at radius 3 is 2.50 bits per heavy atom. The lowest BCUT2D eigenvalue weighted by Gasteiger charge is -2.34. The highest BCUT2D eigenvalue weighted by molar-refractivity contribution is 6.04. The van der Waals surface area contributed by atoms with Crippen LogP contribution in [0.3, 0.4) is 0 Å². The second kappa shape index (κ2) is 11.6. The number of fused-ring (bicyclic) bond motifs is 6. The van der Waals surface area contributed by atoms with Gasteiger partial charge in [0, 0.05) is 60.7 Å². The maximum Gasteiger partial charge on any atom is 0.417 e. The van der Waals surface area contributed by atoms with E-state index in [1.165, 1.54) is 18.2 Å². The summed E-state index contributed by atoms with van der Waals surface area (Å²) in [5, 5.41) is 14.5. The molecule has 0 spiro atoms. The van der Waals surface area contributed by atoms with Crippen LogP contribution in [0.2, 0.25) is 0 Å². The second-order valence-electron chi connectivity index (χ2n) is 14.9. The highest BCUT2D eigenvalue weighted by Gasteiger charge is 2.49. The van der Waals surface area contributed by atoms with Crippen LogP contribution in [0.5, 0.6) is 11.8 Å². The molecule has 3 aromatic carbocycles. The van der Waals surface area contributed by atoms with E-state index >= 15 is 22.0 Å². The van der Waals surface area contributed by atoms with Crippen molar-refractivity contribution in [3.05, 3.63) is 53.1 Å². The van der Waals surface area contributed by atoms with E-state index in [2.05, 4.69) is 15.2 Å². The number of hydrogen-bond acceptors (Lipinski definition) is 8. The standard InChI is InChI=1S/C37H38F5N5O3/c1-2-25-29(38)6-3-19-9-23(48)11-26(30(19)25)31-28(37(40,41)42)12-27-33(32(31)39)44-35(45-34(27)46-13-20-4-5-21(14-46)43-20)50-18-36(7-8-36)17-47-15-24-10-22(47)16-49-24/h3,6,9,11-12,20-22,24,43,48H,2,4-5,7-8,10,13-18H2,1H3/t20?,21?,22-,24-/m1/s1. The van der Waals surface area contributed by atoms with Crippen molar-refractivity contribution < 1.29 is 36.5 Å². The molecule has 4 aliphatic heterocycles. The first-order chi connectivity index (χ1) is 24.0. The van der Waals surface area contributed by atoms with Gasteiger partial charge in [0.25, 0.3) is 0 Å². The number of aryl methyl sites for hydroxylation is 1. The summed E-state index contributed by atoms with van der Waals surface area (Å²) < 4.78 is 89.6. The molecule has 8 nitrogen and oxygen atoms in total. The molecule has 50 heavy (non-hydrogen) atoms. The molecule has 4 atom stereocenters. The van der Waals surface area contributed by atoms with E-state index < -0.39 is 28.9 Å². The van der Waals surface area contributed by atoms with E-state index in [-0.39, 0.29) is 75.0 Å². The Kier molecular flexibility index (Phi) is 7.46. The summed E-state index contributed by atoms with van der Waals surface area (Å²) in [5.74, 6) is -2.03. The lowest BCUT2D eigenvalue weighted by molar-refractivity contribution is -0.137. The van der Waals surface area contributed by atoms with Crippen LogP contribution >= 0.6 is 0 Å². The molecule has 1 aromatic heterocycles. The smallest absolute Gasteiger partial charge is 0.417 e. The van der Waals surface area contributed by atoms with E-state index in [1.54, 1.807) is 6.92 Å². The normalized spacial score (nSPS) is 25.7. The highest BCUT2D eigenvalue weighted by Crippen LogP contribution is 2.49. The molecular formula is C37H38F5N5O3. The maximum absolute atomic E-state index is 17.2. The van der Waals surface area contributed by atoms with Gasteiger partial charge in [-0.1, -0.05) is 13.0 Å². The molecule has 1 aliphatic carbocycles. The van der Waals surface area contributed by atoms with Gasteiger partial charge < -0.3 is 24.8 Å². The van der Waals surface area contributed by atoms with Crippen LogP contribution in [-0.2, 0) is 17.3 Å². The first-order valence-corrected chi connectivity index (χ1v) is 17.5. The predicted octanol–water partition coefficient (Wildman–Crippen LogP) is 6.59. The number of anilines is 1. The highest BCUT2D eigenvalue weighted by atomic mass is 19.4. The molecule has 2 N–H and O–H groups in total. The van der Waals surface area contributed by atoms with Gasteiger partial charge in [-0.2, -0.15) is 23.1 Å². The van der Waals surface area contributed by atoms with E-state index in [4.69, 9.17) is 14.5 Å². The number of phenolic OH excluding ortho intramolecular Hbond substituents is 1. The van der Waals surface area contributed by atoms with Crippen molar-refractivity contribution in [2.24, 2.45) is 5.41 Å². The molecule has 264 valence electrons. The Labute approximate surface area is 285 Å².